The molecule has 0 radical (unpaired) electrons. The molecule has 1 amide bonds. The van der Waals surface area contributed by atoms with Crippen molar-refractivity contribution in [3.8, 4) is 0 Å². The van der Waals surface area contributed by atoms with Crippen molar-refractivity contribution >= 4 is 5.91 Å². The molecule has 3 heterocycles. The monoisotopic (exact) mass is 383 g/mol. The topological polar surface area (TPSA) is 45.7 Å². The van der Waals surface area contributed by atoms with Gasteiger partial charge >= 0.3 is 0 Å². The van der Waals surface area contributed by atoms with E-state index in [1.165, 1.54) is 6.07 Å². The predicted octanol–water partition coefficient (Wildman–Crippen LogP) is 2.81. The lowest BCUT2D eigenvalue weighted by Crippen LogP contribution is -2.44. The Hall–Kier alpha value is -2.31. The zero-order valence-electron chi connectivity index (χ0n) is 16.0. The second-order valence-corrected chi connectivity index (χ2v) is 7.46. The number of hydrogen-bond acceptors (Lipinski definition) is 4. The number of ether oxygens (including phenoxy) is 1. The van der Waals surface area contributed by atoms with E-state index in [0.717, 1.165) is 43.9 Å². The van der Waals surface area contributed by atoms with Gasteiger partial charge in [-0.1, -0.05) is 24.3 Å². The van der Waals surface area contributed by atoms with Crippen LogP contribution in [0, 0.1) is 5.82 Å². The van der Waals surface area contributed by atoms with Crippen molar-refractivity contribution in [3.63, 3.8) is 0 Å². The molecule has 0 bridgehead atoms. The standard InChI is InChI=1S/C22H26FN3O2/c23-19-7-2-1-5-17(19)15-18-6-3-8-20(24-18)21-9-4-10-26(21)22(27)16-25-11-13-28-14-12-25/h1-3,5-8,21H,4,9-16H2/t21-/m1/s1. The highest BCUT2D eigenvalue weighted by Crippen LogP contribution is 2.31. The van der Waals surface area contributed by atoms with Crippen LogP contribution in [0.1, 0.15) is 35.8 Å². The van der Waals surface area contributed by atoms with Crippen molar-refractivity contribution < 1.29 is 13.9 Å². The van der Waals surface area contributed by atoms with Crippen LogP contribution in [0.25, 0.3) is 0 Å². The largest absolute Gasteiger partial charge is 0.379 e. The highest BCUT2D eigenvalue weighted by atomic mass is 19.1. The minimum atomic E-state index is -0.210. The molecular weight excluding hydrogens is 357 g/mol. The van der Waals surface area contributed by atoms with E-state index in [9.17, 15) is 9.18 Å². The van der Waals surface area contributed by atoms with Crippen LogP contribution < -0.4 is 0 Å². The number of pyridine rings is 1. The smallest absolute Gasteiger partial charge is 0.237 e. The maximum absolute atomic E-state index is 14.0. The minimum absolute atomic E-state index is 0.00844. The summed E-state index contributed by atoms with van der Waals surface area (Å²) < 4.78 is 19.3. The Morgan fingerprint density at radius 1 is 1.11 bits per heavy atom. The number of benzene rings is 1. The molecule has 1 aromatic carbocycles. The highest BCUT2D eigenvalue weighted by molar-refractivity contribution is 5.79. The van der Waals surface area contributed by atoms with Crippen LogP contribution in [0.3, 0.4) is 0 Å². The van der Waals surface area contributed by atoms with E-state index in [4.69, 9.17) is 9.72 Å². The lowest BCUT2D eigenvalue weighted by Gasteiger charge is -2.30. The Kier molecular flexibility index (Phi) is 5.98. The molecule has 4 rings (SSSR count). The van der Waals surface area contributed by atoms with Gasteiger partial charge in [0.15, 0.2) is 0 Å². The first kappa shape index (κ1) is 19.0. The minimum Gasteiger partial charge on any atom is -0.379 e. The average molecular weight is 383 g/mol. The van der Waals surface area contributed by atoms with E-state index in [-0.39, 0.29) is 17.8 Å². The first-order valence-electron chi connectivity index (χ1n) is 9.99. The van der Waals surface area contributed by atoms with E-state index in [2.05, 4.69) is 4.90 Å². The maximum atomic E-state index is 14.0. The summed E-state index contributed by atoms with van der Waals surface area (Å²) in [7, 11) is 0. The Morgan fingerprint density at radius 3 is 2.75 bits per heavy atom. The molecule has 0 N–H and O–H groups in total. The fourth-order valence-electron chi connectivity index (χ4n) is 4.03. The lowest BCUT2D eigenvalue weighted by molar-refractivity contribution is -0.134. The summed E-state index contributed by atoms with van der Waals surface area (Å²) in [6.45, 7) is 4.20. The van der Waals surface area contributed by atoms with Crippen LogP contribution in [0.15, 0.2) is 42.5 Å². The fraction of sp³-hybridized carbons (Fsp3) is 0.455. The molecule has 1 atom stereocenters. The third kappa shape index (κ3) is 4.39. The van der Waals surface area contributed by atoms with Gasteiger partial charge < -0.3 is 9.64 Å². The quantitative estimate of drug-likeness (QED) is 0.797. The summed E-state index contributed by atoms with van der Waals surface area (Å²) in [6.07, 6.45) is 2.36. The number of aromatic nitrogens is 1. The lowest BCUT2D eigenvalue weighted by atomic mass is 10.1. The molecule has 148 valence electrons. The number of nitrogens with zero attached hydrogens (tertiary/aromatic N) is 3. The van der Waals surface area contributed by atoms with E-state index < -0.39 is 0 Å². The van der Waals surface area contributed by atoms with Crippen LogP contribution in [0.5, 0.6) is 0 Å². The summed E-state index contributed by atoms with van der Waals surface area (Å²) in [5.74, 6) is -0.0522. The number of likely N-dealkylation sites (tertiary alicyclic amines) is 1. The highest BCUT2D eigenvalue weighted by Gasteiger charge is 2.31. The second kappa shape index (κ2) is 8.80. The van der Waals surface area contributed by atoms with Crippen LogP contribution in [0.2, 0.25) is 0 Å². The summed E-state index contributed by atoms with van der Waals surface area (Å²) in [4.78, 5) is 21.8. The number of halogens is 1. The number of rotatable bonds is 5. The molecule has 0 saturated carbocycles. The Labute approximate surface area is 165 Å². The van der Waals surface area contributed by atoms with Crippen LogP contribution in [-0.2, 0) is 16.0 Å². The first-order chi connectivity index (χ1) is 13.7. The van der Waals surface area contributed by atoms with Gasteiger partial charge in [-0.25, -0.2) is 4.39 Å². The first-order valence-corrected chi connectivity index (χ1v) is 9.99. The molecule has 2 aromatic rings. The summed E-state index contributed by atoms with van der Waals surface area (Å²) in [5, 5.41) is 0. The van der Waals surface area contributed by atoms with Crippen molar-refractivity contribution in [2.45, 2.75) is 25.3 Å². The zero-order valence-corrected chi connectivity index (χ0v) is 16.0. The number of morpholine rings is 1. The molecule has 0 unspecified atom stereocenters. The van der Waals surface area contributed by atoms with Crippen molar-refractivity contribution in [2.24, 2.45) is 0 Å². The fourth-order valence-corrected chi connectivity index (χ4v) is 4.03. The van der Waals surface area contributed by atoms with Gasteiger partial charge in [-0.2, -0.15) is 0 Å². The molecule has 0 spiro atoms. The molecule has 1 aromatic heterocycles. The van der Waals surface area contributed by atoms with E-state index in [1.807, 2.05) is 29.2 Å². The molecular formula is C22H26FN3O2. The van der Waals surface area contributed by atoms with Gasteiger partial charge in [-0.3, -0.25) is 14.7 Å². The average Bonchev–Trinajstić information content (AvgIpc) is 3.21. The van der Waals surface area contributed by atoms with Crippen LogP contribution in [-0.4, -0.2) is 60.1 Å². The van der Waals surface area contributed by atoms with Gasteiger partial charge in [0.1, 0.15) is 5.82 Å². The molecule has 6 heteroatoms. The van der Waals surface area contributed by atoms with Crippen LogP contribution >= 0.6 is 0 Å². The Morgan fingerprint density at radius 2 is 1.93 bits per heavy atom. The third-order valence-electron chi connectivity index (χ3n) is 5.53. The van der Waals surface area contributed by atoms with Gasteiger partial charge in [0.25, 0.3) is 0 Å². The van der Waals surface area contributed by atoms with Gasteiger partial charge in [-0.05, 0) is 36.6 Å². The van der Waals surface area contributed by atoms with E-state index >= 15 is 0 Å². The van der Waals surface area contributed by atoms with Gasteiger partial charge in [0, 0.05) is 31.7 Å². The van der Waals surface area contributed by atoms with Crippen molar-refractivity contribution in [3.05, 3.63) is 65.2 Å². The summed E-state index contributed by atoms with van der Waals surface area (Å²) in [5.41, 5.74) is 2.37. The van der Waals surface area contributed by atoms with E-state index in [1.54, 1.807) is 12.1 Å². The second-order valence-electron chi connectivity index (χ2n) is 7.46. The molecule has 2 saturated heterocycles. The van der Waals surface area contributed by atoms with Gasteiger partial charge in [-0.15, -0.1) is 0 Å². The predicted molar refractivity (Wildman–Crippen MR) is 104 cm³/mol. The van der Waals surface area contributed by atoms with Crippen molar-refractivity contribution in [1.29, 1.82) is 0 Å². The Bertz CT molecular complexity index is 823. The molecule has 5 nitrogen and oxygen atoms in total. The number of hydrogen-bond donors (Lipinski definition) is 0. The number of carbonyl (C=O) groups excluding carboxylic acids is 1. The molecule has 2 aliphatic rings. The molecule has 28 heavy (non-hydrogen) atoms. The van der Waals surface area contributed by atoms with Gasteiger partial charge in [0.05, 0.1) is 31.5 Å². The van der Waals surface area contributed by atoms with Crippen molar-refractivity contribution in [1.82, 2.24) is 14.8 Å². The molecule has 0 aliphatic carbocycles. The molecule has 2 aliphatic heterocycles. The van der Waals surface area contributed by atoms with E-state index in [0.29, 0.717) is 31.7 Å². The number of amides is 1. The van der Waals surface area contributed by atoms with Crippen LogP contribution in [0.4, 0.5) is 4.39 Å². The third-order valence-corrected chi connectivity index (χ3v) is 5.53. The number of carbonyl (C=O) groups is 1. The summed E-state index contributed by atoms with van der Waals surface area (Å²) >= 11 is 0. The summed E-state index contributed by atoms with van der Waals surface area (Å²) in [6, 6.07) is 12.7. The maximum Gasteiger partial charge on any atom is 0.237 e. The Balaban J connectivity index is 1.46. The zero-order chi connectivity index (χ0) is 19.3. The SMILES string of the molecule is O=C(CN1CCOCC1)N1CCC[C@@H]1c1cccc(Cc2ccccc2F)n1. The van der Waals surface area contributed by atoms with Gasteiger partial charge in [0.2, 0.25) is 5.91 Å². The van der Waals surface area contributed by atoms with Crippen molar-refractivity contribution in [2.75, 3.05) is 39.4 Å². The molecule has 2 fully saturated rings. The normalized spacial score (nSPS) is 20.5.